The predicted octanol–water partition coefficient (Wildman–Crippen LogP) is 2.34. The molecule has 86 valence electrons. The van der Waals surface area contributed by atoms with Gasteiger partial charge in [-0.15, -0.1) is 22.7 Å². The van der Waals surface area contributed by atoms with E-state index in [1.54, 1.807) is 22.7 Å². The first kappa shape index (κ1) is 11.7. The fourth-order valence-electron chi connectivity index (χ4n) is 1.24. The monoisotopic (exact) mass is 254 g/mol. The molecule has 2 aromatic heterocycles. The van der Waals surface area contributed by atoms with Gasteiger partial charge in [0, 0.05) is 18.0 Å². The number of nitrogens with zero attached hydrogens (tertiary/aromatic N) is 1. The fraction of sp³-hybridized carbons (Fsp3) is 0.364. The third kappa shape index (κ3) is 2.89. The zero-order valence-electron chi connectivity index (χ0n) is 9.01. The van der Waals surface area contributed by atoms with Gasteiger partial charge >= 0.3 is 0 Å². The molecule has 0 aliphatic heterocycles. The van der Waals surface area contributed by atoms with Crippen molar-refractivity contribution in [3.63, 3.8) is 0 Å². The predicted molar refractivity (Wildman–Crippen MR) is 68.8 cm³/mol. The van der Waals surface area contributed by atoms with Gasteiger partial charge in [-0.05, 0) is 18.4 Å². The van der Waals surface area contributed by atoms with Crippen LogP contribution in [0.1, 0.15) is 12.6 Å². The van der Waals surface area contributed by atoms with Gasteiger partial charge in [0.15, 0.2) is 0 Å². The van der Waals surface area contributed by atoms with E-state index in [0.717, 1.165) is 10.7 Å². The number of hydrogen-bond donors (Lipinski definition) is 2. The third-order valence-corrected chi connectivity index (χ3v) is 4.12. The summed E-state index contributed by atoms with van der Waals surface area (Å²) in [5.74, 6) is 0. The largest absolute Gasteiger partial charge is 0.395 e. The standard InChI is InChI=1S/C11H14N2OS2/c1-8(6-14)12-5-9-7-16-11(13-9)10-3-2-4-15-10/h2-4,7-8,12,14H,5-6H2,1H3. The van der Waals surface area contributed by atoms with Gasteiger partial charge in [0.25, 0.3) is 0 Å². The molecular formula is C11H14N2OS2. The molecule has 16 heavy (non-hydrogen) atoms. The van der Waals surface area contributed by atoms with Gasteiger partial charge in [-0.25, -0.2) is 4.98 Å². The Morgan fingerprint density at radius 2 is 2.38 bits per heavy atom. The Labute approximate surface area is 103 Å². The minimum Gasteiger partial charge on any atom is -0.395 e. The Balaban J connectivity index is 1.98. The molecule has 0 saturated heterocycles. The smallest absolute Gasteiger partial charge is 0.133 e. The van der Waals surface area contributed by atoms with Crippen LogP contribution >= 0.6 is 22.7 Å². The number of hydrogen-bond acceptors (Lipinski definition) is 5. The molecule has 0 aliphatic rings. The summed E-state index contributed by atoms with van der Waals surface area (Å²) in [6.07, 6.45) is 0. The number of aromatic nitrogens is 1. The fourth-order valence-corrected chi connectivity index (χ4v) is 2.88. The molecule has 0 radical (unpaired) electrons. The van der Waals surface area contributed by atoms with Gasteiger partial charge in [-0.1, -0.05) is 6.07 Å². The quantitative estimate of drug-likeness (QED) is 0.861. The van der Waals surface area contributed by atoms with Crippen molar-refractivity contribution in [2.45, 2.75) is 19.5 Å². The molecule has 2 aromatic rings. The molecule has 0 saturated carbocycles. The van der Waals surface area contributed by atoms with Crippen LogP contribution in [0.2, 0.25) is 0 Å². The van der Waals surface area contributed by atoms with Gasteiger partial charge in [0.2, 0.25) is 0 Å². The van der Waals surface area contributed by atoms with E-state index in [1.165, 1.54) is 4.88 Å². The van der Waals surface area contributed by atoms with Gasteiger partial charge in [-0.3, -0.25) is 0 Å². The maximum atomic E-state index is 8.89. The third-order valence-electron chi connectivity index (χ3n) is 2.19. The Morgan fingerprint density at radius 3 is 3.06 bits per heavy atom. The second-order valence-corrected chi connectivity index (χ2v) is 5.39. The molecule has 0 amide bonds. The number of thiophene rings is 1. The highest BCUT2D eigenvalue weighted by Gasteiger charge is 2.06. The summed E-state index contributed by atoms with van der Waals surface area (Å²) in [6.45, 7) is 2.82. The highest BCUT2D eigenvalue weighted by molar-refractivity contribution is 7.20. The molecular weight excluding hydrogens is 240 g/mol. The second-order valence-electron chi connectivity index (χ2n) is 3.59. The Morgan fingerprint density at radius 1 is 1.50 bits per heavy atom. The Kier molecular flexibility index (Phi) is 4.06. The van der Waals surface area contributed by atoms with Crippen molar-refractivity contribution in [2.75, 3.05) is 6.61 Å². The van der Waals surface area contributed by atoms with E-state index in [-0.39, 0.29) is 12.6 Å². The summed E-state index contributed by atoms with van der Waals surface area (Å²) >= 11 is 3.37. The lowest BCUT2D eigenvalue weighted by Crippen LogP contribution is -2.28. The number of aliphatic hydroxyl groups excluding tert-OH is 1. The lowest BCUT2D eigenvalue weighted by Gasteiger charge is -2.08. The molecule has 2 N–H and O–H groups in total. The first-order valence-electron chi connectivity index (χ1n) is 5.12. The maximum Gasteiger partial charge on any atom is 0.133 e. The van der Waals surface area contributed by atoms with E-state index in [1.807, 2.05) is 13.0 Å². The first-order valence-corrected chi connectivity index (χ1v) is 6.88. The lowest BCUT2D eigenvalue weighted by atomic mass is 10.3. The highest BCUT2D eigenvalue weighted by atomic mass is 32.1. The van der Waals surface area contributed by atoms with Crippen molar-refractivity contribution < 1.29 is 5.11 Å². The van der Waals surface area contributed by atoms with Gasteiger partial charge < -0.3 is 10.4 Å². The topological polar surface area (TPSA) is 45.1 Å². The van der Waals surface area contributed by atoms with Crippen LogP contribution in [0.5, 0.6) is 0 Å². The average molecular weight is 254 g/mol. The molecule has 1 atom stereocenters. The number of aliphatic hydroxyl groups is 1. The summed E-state index contributed by atoms with van der Waals surface area (Å²) in [7, 11) is 0. The number of nitrogens with one attached hydrogen (secondary N) is 1. The van der Waals surface area contributed by atoms with Crippen molar-refractivity contribution >= 4 is 22.7 Å². The molecule has 3 nitrogen and oxygen atoms in total. The van der Waals surface area contributed by atoms with Crippen molar-refractivity contribution in [1.82, 2.24) is 10.3 Å². The van der Waals surface area contributed by atoms with Crippen LogP contribution in [0.3, 0.4) is 0 Å². The summed E-state index contributed by atoms with van der Waals surface area (Å²) < 4.78 is 0. The zero-order valence-corrected chi connectivity index (χ0v) is 10.6. The van der Waals surface area contributed by atoms with Crippen LogP contribution in [0.25, 0.3) is 9.88 Å². The van der Waals surface area contributed by atoms with E-state index in [9.17, 15) is 0 Å². The van der Waals surface area contributed by atoms with E-state index >= 15 is 0 Å². The lowest BCUT2D eigenvalue weighted by molar-refractivity contribution is 0.250. The Hall–Kier alpha value is -0.750. The van der Waals surface area contributed by atoms with Crippen molar-refractivity contribution in [3.8, 4) is 9.88 Å². The van der Waals surface area contributed by atoms with Gasteiger partial charge in [-0.2, -0.15) is 0 Å². The summed E-state index contributed by atoms with van der Waals surface area (Å²) in [4.78, 5) is 5.76. The molecule has 0 spiro atoms. The maximum absolute atomic E-state index is 8.89. The molecule has 2 heterocycles. The number of rotatable bonds is 5. The molecule has 0 fully saturated rings. The molecule has 2 rings (SSSR count). The van der Waals surface area contributed by atoms with Gasteiger partial charge in [0.1, 0.15) is 5.01 Å². The molecule has 0 bridgehead atoms. The molecule has 0 aromatic carbocycles. The molecule has 1 unspecified atom stereocenters. The van der Waals surface area contributed by atoms with E-state index in [0.29, 0.717) is 6.54 Å². The van der Waals surface area contributed by atoms with Crippen LogP contribution in [0.15, 0.2) is 22.9 Å². The normalized spacial score (nSPS) is 12.9. The minimum atomic E-state index is 0.117. The molecule has 5 heteroatoms. The van der Waals surface area contributed by atoms with Crippen LogP contribution in [0, 0.1) is 0 Å². The number of thiazole rings is 1. The summed E-state index contributed by atoms with van der Waals surface area (Å²) in [6, 6.07) is 4.23. The first-order chi connectivity index (χ1) is 7.79. The van der Waals surface area contributed by atoms with Crippen LogP contribution < -0.4 is 5.32 Å². The highest BCUT2D eigenvalue weighted by Crippen LogP contribution is 2.27. The zero-order chi connectivity index (χ0) is 11.4. The van der Waals surface area contributed by atoms with Crippen molar-refractivity contribution in [2.24, 2.45) is 0 Å². The van der Waals surface area contributed by atoms with Crippen LogP contribution in [-0.2, 0) is 6.54 Å². The average Bonchev–Trinajstić information content (AvgIpc) is 2.95. The Bertz CT molecular complexity index is 425. The summed E-state index contributed by atoms with van der Waals surface area (Å²) in [5.41, 5.74) is 1.04. The van der Waals surface area contributed by atoms with Crippen LogP contribution in [-0.4, -0.2) is 22.7 Å². The van der Waals surface area contributed by atoms with Crippen LogP contribution in [0.4, 0.5) is 0 Å². The van der Waals surface area contributed by atoms with E-state index in [4.69, 9.17) is 5.11 Å². The summed E-state index contributed by atoms with van der Waals surface area (Å²) in [5, 5.41) is 17.3. The second kappa shape index (κ2) is 5.54. The van der Waals surface area contributed by atoms with E-state index < -0.39 is 0 Å². The molecule has 0 aliphatic carbocycles. The SMILES string of the molecule is CC(CO)NCc1csc(-c2cccs2)n1. The minimum absolute atomic E-state index is 0.117. The van der Waals surface area contributed by atoms with Crippen molar-refractivity contribution in [3.05, 3.63) is 28.6 Å². The van der Waals surface area contributed by atoms with Gasteiger partial charge in [0.05, 0.1) is 17.2 Å². The van der Waals surface area contributed by atoms with E-state index in [2.05, 4.69) is 27.1 Å². The van der Waals surface area contributed by atoms with Crippen molar-refractivity contribution in [1.29, 1.82) is 0 Å².